The zero-order valence-electron chi connectivity index (χ0n) is 15.3. The van der Waals surface area contributed by atoms with E-state index in [0.29, 0.717) is 27.8 Å². The number of halogens is 2. The Morgan fingerprint density at radius 2 is 1.43 bits per heavy atom. The fourth-order valence-electron chi connectivity index (χ4n) is 3.89. The first kappa shape index (κ1) is 19.3. The van der Waals surface area contributed by atoms with Crippen molar-refractivity contribution in [3.8, 4) is 0 Å². The molecule has 0 saturated carbocycles. The molecule has 0 amide bonds. The number of hydrogen-bond donors (Lipinski definition) is 3. The van der Waals surface area contributed by atoms with E-state index in [1.165, 1.54) is 22.3 Å². The van der Waals surface area contributed by atoms with Crippen molar-refractivity contribution < 1.29 is 5.11 Å². The number of benzene rings is 3. The third-order valence-electron chi connectivity index (χ3n) is 5.40. The van der Waals surface area contributed by atoms with E-state index in [-0.39, 0.29) is 6.04 Å². The Morgan fingerprint density at radius 1 is 0.929 bits per heavy atom. The van der Waals surface area contributed by atoms with E-state index < -0.39 is 6.10 Å². The normalized spacial score (nSPS) is 14.8. The summed E-state index contributed by atoms with van der Waals surface area (Å²) in [5, 5.41) is 15.0. The number of nitrogens with two attached hydrogens (primary N) is 1. The molecule has 0 saturated heterocycles. The van der Waals surface area contributed by atoms with Crippen LogP contribution in [0.2, 0.25) is 10.0 Å². The zero-order chi connectivity index (χ0) is 19.7. The van der Waals surface area contributed by atoms with Gasteiger partial charge in [0.25, 0.3) is 0 Å². The van der Waals surface area contributed by atoms with Crippen molar-refractivity contribution >= 4 is 28.9 Å². The summed E-state index contributed by atoms with van der Waals surface area (Å²) < 4.78 is 0. The van der Waals surface area contributed by atoms with Crippen LogP contribution in [0.1, 0.15) is 40.0 Å². The second-order valence-electron chi connectivity index (χ2n) is 7.15. The zero-order valence-corrected chi connectivity index (χ0v) is 16.8. The van der Waals surface area contributed by atoms with Gasteiger partial charge in [-0.25, -0.2) is 0 Å². The highest BCUT2D eigenvalue weighted by Gasteiger charge is 2.24. The van der Waals surface area contributed by atoms with Crippen molar-refractivity contribution in [2.24, 2.45) is 0 Å². The third-order valence-corrected chi connectivity index (χ3v) is 6.02. The summed E-state index contributed by atoms with van der Waals surface area (Å²) in [4.78, 5) is 0. The number of nitrogen functional groups attached to an aromatic ring is 1. The van der Waals surface area contributed by atoms with E-state index >= 15 is 0 Å². The fourth-order valence-corrected chi connectivity index (χ4v) is 4.39. The second kappa shape index (κ2) is 8.14. The predicted molar refractivity (Wildman–Crippen MR) is 116 cm³/mol. The lowest BCUT2D eigenvalue weighted by Gasteiger charge is -2.24. The molecule has 3 aromatic rings. The van der Waals surface area contributed by atoms with Gasteiger partial charge in [0.15, 0.2) is 0 Å². The van der Waals surface area contributed by atoms with Gasteiger partial charge < -0.3 is 16.2 Å². The summed E-state index contributed by atoms with van der Waals surface area (Å²) in [6, 6.07) is 20.4. The topological polar surface area (TPSA) is 58.3 Å². The molecule has 0 aromatic heterocycles. The number of aliphatic hydroxyl groups excluding tert-OH is 1. The standard InChI is InChI=1S/C23H22Cl2N2O/c24-19-11-16(12-20(25)22(19)26)21(28)13-27-23-17-7-3-1-5-14(17)9-10-15-6-2-4-8-18(15)23/h1-8,11-12,21,23,27-28H,9-10,13,26H2/t21-/m0/s1. The summed E-state index contributed by atoms with van der Waals surface area (Å²) in [5.41, 5.74) is 12.0. The van der Waals surface area contributed by atoms with Gasteiger partial charge >= 0.3 is 0 Å². The number of hydrogen-bond acceptors (Lipinski definition) is 3. The largest absolute Gasteiger partial charge is 0.396 e. The Balaban J connectivity index is 1.62. The summed E-state index contributed by atoms with van der Waals surface area (Å²) in [5.74, 6) is 0. The molecule has 0 bridgehead atoms. The van der Waals surface area contributed by atoms with Gasteiger partial charge in [-0.15, -0.1) is 0 Å². The second-order valence-corrected chi connectivity index (χ2v) is 7.97. The monoisotopic (exact) mass is 412 g/mol. The van der Waals surface area contributed by atoms with Crippen LogP contribution in [0, 0.1) is 0 Å². The highest BCUT2D eigenvalue weighted by Crippen LogP contribution is 2.34. The molecule has 0 heterocycles. The Morgan fingerprint density at radius 3 is 1.96 bits per heavy atom. The molecule has 4 rings (SSSR count). The van der Waals surface area contributed by atoms with Crippen LogP contribution in [-0.4, -0.2) is 11.7 Å². The van der Waals surface area contributed by atoms with E-state index in [9.17, 15) is 5.11 Å². The van der Waals surface area contributed by atoms with Gasteiger partial charge in [-0.05, 0) is 52.8 Å². The molecule has 3 nitrogen and oxygen atoms in total. The summed E-state index contributed by atoms with van der Waals surface area (Å²) in [7, 11) is 0. The van der Waals surface area contributed by atoms with Crippen molar-refractivity contribution in [1.82, 2.24) is 5.32 Å². The molecular weight excluding hydrogens is 391 g/mol. The number of rotatable bonds is 4. The Hall–Kier alpha value is -2.04. The average molecular weight is 413 g/mol. The Kier molecular flexibility index (Phi) is 5.61. The highest BCUT2D eigenvalue weighted by molar-refractivity contribution is 6.38. The van der Waals surface area contributed by atoms with Gasteiger partial charge in [0, 0.05) is 6.54 Å². The summed E-state index contributed by atoms with van der Waals surface area (Å²) in [6.07, 6.45) is 1.27. The first-order chi connectivity index (χ1) is 13.5. The minimum Gasteiger partial charge on any atom is -0.396 e. The maximum atomic E-state index is 10.7. The fraction of sp³-hybridized carbons (Fsp3) is 0.217. The van der Waals surface area contributed by atoms with Crippen molar-refractivity contribution in [2.75, 3.05) is 12.3 Å². The Labute approximate surface area is 175 Å². The number of aryl methyl sites for hydroxylation is 2. The van der Waals surface area contributed by atoms with E-state index in [2.05, 4.69) is 53.8 Å². The maximum absolute atomic E-state index is 10.7. The number of fused-ring (bicyclic) bond motifs is 2. The molecule has 4 N–H and O–H groups in total. The van der Waals surface area contributed by atoms with Crippen molar-refractivity contribution in [3.63, 3.8) is 0 Å². The molecule has 144 valence electrons. The first-order valence-electron chi connectivity index (χ1n) is 9.36. The first-order valence-corrected chi connectivity index (χ1v) is 10.1. The minimum absolute atomic E-state index is 0.0178. The smallest absolute Gasteiger partial charge is 0.0915 e. The maximum Gasteiger partial charge on any atom is 0.0915 e. The molecule has 0 unspecified atom stereocenters. The molecule has 0 fully saturated rings. The molecule has 28 heavy (non-hydrogen) atoms. The van der Waals surface area contributed by atoms with E-state index in [0.717, 1.165) is 12.8 Å². The molecule has 0 radical (unpaired) electrons. The predicted octanol–water partition coefficient (Wildman–Crippen LogP) is 5.09. The van der Waals surface area contributed by atoms with Crippen LogP contribution >= 0.6 is 23.2 Å². The quantitative estimate of drug-likeness (QED) is 0.523. The van der Waals surface area contributed by atoms with Gasteiger partial charge in [-0.2, -0.15) is 0 Å². The minimum atomic E-state index is -0.752. The van der Waals surface area contributed by atoms with Crippen LogP contribution < -0.4 is 11.1 Å². The van der Waals surface area contributed by atoms with Gasteiger partial charge in [0.1, 0.15) is 0 Å². The molecular formula is C23H22Cl2N2O. The van der Waals surface area contributed by atoms with Crippen LogP contribution in [-0.2, 0) is 12.8 Å². The average Bonchev–Trinajstić information content (AvgIpc) is 2.87. The van der Waals surface area contributed by atoms with Crippen molar-refractivity contribution in [3.05, 3.63) is 98.5 Å². The van der Waals surface area contributed by atoms with Crippen LogP contribution in [0.5, 0.6) is 0 Å². The van der Waals surface area contributed by atoms with Crippen LogP contribution in [0.3, 0.4) is 0 Å². The molecule has 1 aliphatic carbocycles. The van der Waals surface area contributed by atoms with Crippen LogP contribution in [0.15, 0.2) is 60.7 Å². The number of nitrogens with one attached hydrogen (secondary N) is 1. The van der Waals surface area contributed by atoms with Gasteiger partial charge in [-0.1, -0.05) is 71.7 Å². The third kappa shape index (κ3) is 3.76. The van der Waals surface area contributed by atoms with Crippen LogP contribution in [0.25, 0.3) is 0 Å². The molecule has 0 spiro atoms. The van der Waals surface area contributed by atoms with E-state index in [4.69, 9.17) is 28.9 Å². The highest BCUT2D eigenvalue weighted by atomic mass is 35.5. The van der Waals surface area contributed by atoms with Crippen molar-refractivity contribution in [1.29, 1.82) is 0 Å². The lowest BCUT2D eigenvalue weighted by Crippen LogP contribution is -2.28. The lowest BCUT2D eigenvalue weighted by molar-refractivity contribution is 0.172. The molecule has 1 atom stereocenters. The van der Waals surface area contributed by atoms with E-state index in [1.807, 2.05) is 0 Å². The van der Waals surface area contributed by atoms with Gasteiger partial charge in [0.05, 0.1) is 27.9 Å². The van der Waals surface area contributed by atoms with Crippen molar-refractivity contribution in [2.45, 2.75) is 25.0 Å². The van der Waals surface area contributed by atoms with E-state index in [1.54, 1.807) is 12.1 Å². The van der Waals surface area contributed by atoms with Crippen LogP contribution in [0.4, 0.5) is 5.69 Å². The SMILES string of the molecule is Nc1c(Cl)cc([C@@H](O)CNC2c3ccccc3CCc3ccccc32)cc1Cl. The Bertz CT molecular complexity index is 935. The molecule has 3 aromatic carbocycles. The molecule has 5 heteroatoms. The summed E-state index contributed by atoms with van der Waals surface area (Å²) in [6.45, 7) is 0.365. The number of aliphatic hydroxyl groups is 1. The molecule has 0 aliphatic heterocycles. The molecule has 1 aliphatic rings. The number of anilines is 1. The lowest BCUT2D eigenvalue weighted by atomic mass is 9.94. The van der Waals surface area contributed by atoms with Gasteiger partial charge in [-0.3, -0.25) is 0 Å². The van der Waals surface area contributed by atoms with Gasteiger partial charge in [0.2, 0.25) is 0 Å². The summed E-state index contributed by atoms with van der Waals surface area (Å²) >= 11 is 12.3.